The molecule has 0 aliphatic heterocycles. The first-order chi connectivity index (χ1) is 8.97. The Hall–Kier alpha value is -0.770. The number of benzene rings is 2. The number of halogens is 1. The molecule has 1 atom stereocenters. The van der Waals surface area contributed by atoms with Crippen LogP contribution < -0.4 is 0 Å². The van der Waals surface area contributed by atoms with Crippen LogP contribution in [0.3, 0.4) is 0 Å². The van der Waals surface area contributed by atoms with Crippen molar-refractivity contribution in [3.63, 3.8) is 0 Å². The van der Waals surface area contributed by atoms with Crippen molar-refractivity contribution in [1.29, 1.82) is 0 Å². The third-order valence-electron chi connectivity index (χ3n) is 3.13. The molecule has 0 aromatic heterocycles. The van der Waals surface area contributed by atoms with E-state index in [9.17, 15) is 5.11 Å². The average Bonchev–Trinajstić information content (AvgIpc) is 2.33. The minimum absolute atomic E-state index is 0.456. The van der Waals surface area contributed by atoms with Crippen molar-refractivity contribution >= 4 is 27.7 Å². The van der Waals surface area contributed by atoms with Crippen LogP contribution in [0.1, 0.15) is 29.7 Å². The molecule has 0 aliphatic carbocycles. The summed E-state index contributed by atoms with van der Waals surface area (Å²) in [5.74, 6) is 0. The predicted octanol–water partition coefficient (Wildman–Crippen LogP) is 5.27. The van der Waals surface area contributed by atoms with E-state index in [1.807, 2.05) is 12.1 Å². The monoisotopic (exact) mass is 336 g/mol. The van der Waals surface area contributed by atoms with Crippen molar-refractivity contribution in [2.75, 3.05) is 0 Å². The van der Waals surface area contributed by atoms with E-state index in [0.29, 0.717) is 0 Å². The maximum absolute atomic E-state index is 9.84. The first kappa shape index (κ1) is 14.6. The van der Waals surface area contributed by atoms with Crippen LogP contribution in [0.2, 0.25) is 0 Å². The van der Waals surface area contributed by atoms with Crippen molar-refractivity contribution in [2.45, 2.75) is 36.7 Å². The molecule has 2 aromatic rings. The summed E-state index contributed by atoms with van der Waals surface area (Å²) in [6.07, 6.45) is -0.456. The topological polar surface area (TPSA) is 20.2 Å². The molecule has 0 bridgehead atoms. The number of aliphatic hydroxyl groups excluding tert-OH is 1. The molecular weight excluding hydrogens is 320 g/mol. The normalized spacial score (nSPS) is 12.5. The van der Waals surface area contributed by atoms with Gasteiger partial charge in [0.1, 0.15) is 0 Å². The zero-order valence-electron chi connectivity index (χ0n) is 11.3. The number of hydrogen-bond acceptors (Lipinski definition) is 2. The molecule has 100 valence electrons. The SMILES string of the molecule is Cc1ccc(Sc2cc(Br)ccc2C(C)O)cc1C. The van der Waals surface area contributed by atoms with Gasteiger partial charge in [0.2, 0.25) is 0 Å². The largest absolute Gasteiger partial charge is 0.389 e. The minimum Gasteiger partial charge on any atom is -0.389 e. The lowest BCUT2D eigenvalue weighted by molar-refractivity contribution is 0.196. The molecule has 0 saturated heterocycles. The number of aliphatic hydroxyl groups is 1. The molecule has 0 spiro atoms. The number of hydrogen-bond donors (Lipinski definition) is 1. The Bertz CT molecular complexity index is 593. The van der Waals surface area contributed by atoms with Gasteiger partial charge < -0.3 is 5.11 Å². The molecule has 2 aromatic carbocycles. The Morgan fingerprint density at radius 1 is 1.05 bits per heavy atom. The van der Waals surface area contributed by atoms with E-state index in [1.165, 1.54) is 16.0 Å². The number of rotatable bonds is 3. The van der Waals surface area contributed by atoms with E-state index in [2.05, 4.69) is 54.0 Å². The van der Waals surface area contributed by atoms with Crippen LogP contribution in [-0.2, 0) is 0 Å². The van der Waals surface area contributed by atoms with Crippen molar-refractivity contribution < 1.29 is 5.11 Å². The van der Waals surface area contributed by atoms with E-state index in [1.54, 1.807) is 18.7 Å². The molecule has 1 nitrogen and oxygen atoms in total. The van der Waals surface area contributed by atoms with Gasteiger partial charge in [-0.2, -0.15) is 0 Å². The second-order valence-corrected chi connectivity index (χ2v) is 6.74. The third-order valence-corrected chi connectivity index (χ3v) is 4.69. The van der Waals surface area contributed by atoms with Crippen LogP contribution in [0.25, 0.3) is 0 Å². The molecule has 1 N–H and O–H groups in total. The van der Waals surface area contributed by atoms with Gasteiger partial charge in [0, 0.05) is 14.3 Å². The van der Waals surface area contributed by atoms with Crippen molar-refractivity contribution in [3.05, 3.63) is 57.6 Å². The highest BCUT2D eigenvalue weighted by Crippen LogP contribution is 2.35. The molecule has 0 radical (unpaired) electrons. The van der Waals surface area contributed by atoms with Gasteiger partial charge in [-0.15, -0.1) is 0 Å². The summed E-state index contributed by atoms with van der Waals surface area (Å²) >= 11 is 5.18. The second-order valence-electron chi connectivity index (χ2n) is 4.71. The molecule has 0 heterocycles. The maximum atomic E-state index is 9.84. The second kappa shape index (κ2) is 6.12. The molecule has 1 unspecified atom stereocenters. The lowest BCUT2D eigenvalue weighted by Crippen LogP contribution is -1.94. The fourth-order valence-electron chi connectivity index (χ4n) is 1.85. The van der Waals surface area contributed by atoms with E-state index >= 15 is 0 Å². The zero-order valence-corrected chi connectivity index (χ0v) is 13.7. The maximum Gasteiger partial charge on any atom is 0.0772 e. The van der Waals surface area contributed by atoms with Gasteiger partial charge in [-0.05, 0) is 61.7 Å². The Labute approximate surface area is 127 Å². The summed E-state index contributed by atoms with van der Waals surface area (Å²) in [5, 5.41) is 9.84. The Kier molecular flexibility index (Phi) is 4.71. The predicted molar refractivity (Wildman–Crippen MR) is 84.8 cm³/mol. The first-order valence-electron chi connectivity index (χ1n) is 6.20. The molecule has 0 saturated carbocycles. The fraction of sp³-hybridized carbons (Fsp3) is 0.250. The standard InChI is InChI=1S/C16H17BrOS/c1-10-4-6-14(8-11(10)2)19-16-9-13(17)5-7-15(16)12(3)18/h4-9,12,18H,1-3H3. The highest BCUT2D eigenvalue weighted by atomic mass is 79.9. The Morgan fingerprint density at radius 3 is 2.42 bits per heavy atom. The highest BCUT2D eigenvalue weighted by Gasteiger charge is 2.10. The molecule has 2 rings (SSSR count). The van der Waals surface area contributed by atoms with E-state index in [-0.39, 0.29) is 0 Å². The summed E-state index contributed by atoms with van der Waals surface area (Å²) in [6.45, 7) is 6.04. The van der Waals surface area contributed by atoms with Crippen LogP contribution in [0.5, 0.6) is 0 Å². The molecule has 0 aliphatic rings. The minimum atomic E-state index is -0.456. The molecule has 0 fully saturated rings. The lowest BCUT2D eigenvalue weighted by atomic mass is 10.1. The smallest absolute Gasteiger partial charge is 0.0772 e. The van der Waals surface area contributed by atoms with E-state index in [4.69, 9.17) is 0 Å². The molecule has 0 amide bonds. The Balaban J connectivity index is 2.36. The summed E-state index contributed by atoms with van der Waals surface area (Å²) in [4.78, 5) is 2.29. The zero-order chi connectivity index (χ0) is 14.0. The van der Waals surface area contributed by atoms with Crippen LogP contribution in [0, 0.1) is 13.8 Å². The van der Waals surface area contributed by atoms with Gasteiger partial charge in [0.25, 0.3) is 0 Å². The van der Waals surface area contributed by atoms with E-state index < -0.39 is 6.10 Å². The van der Waals surface area contributed by atoms with Gasteiger partial charge in [-0.1, -0.05) is 39.8 Å². The number of aryl methyl sites for hydroxylation is 2. The van der Waals surface area contributed by atoms with Crippen LogP contribution >= 0.6 is 27.7 Å². The van der Waals surface area contributed by atoms with Crippen molar-refractivity contribution in [3.8, 4) is 0 Å². The third kappa shape index (κ3) is 3.62. The molecule has 19 heavy (non-hydrogen) atoms. The average molecular weight is 337 g/mol. The van der Waals surface area contributed by atoms with Gasteiger partial charge in [-0.25, -0.2) is 0 Å². The lowest BCUT2D eigenvalue weighted by Gasteiger charge is -2.13. The summed E-state index contributed by atoms with van der Waals surface area (Å²) in [6, 6.07) is 12.4. The summed E-state index contributed by atoms with van der Waals surface area (Å²) < 4.78 is 1.03. The van der Waals surface area contributed by atoms with Gasteiger partial charge in [0.15, 0.2) is 0 Å². The highest BCUT2D eigenvalue weighted by molar-refractivity contribution is 9.10. The summed E-state index contributed by atoms with van der Waals surface area (Å²) in [5.41, 5.74) is 3.55. The van der Waals surface area contributed by atoms with Crippen LogP contribution in [0.15, 0.2) is 50.7 Å². The molecule has 3 heteroatoms. The van der Waals surface area contributed by atoms with E-state index in [0.717, 1.165) is 14.9 Å². The van der Waals surface area contributed by atoms with Crippen LogP contribution in [0.4, 0.5) is 0 Å². The van der Waals surface area contributed by atoms with Crippen molar-refractivity contribution in [1.82, 2.24) is 0 Å². The quantitative estimate of drug-likeness (QED) is 0.823. The van der Waals surface area contributed by atoms with Gasteiger partial charge in [-0.3, -0.25) is 0 Å². The van der Waals surface area contributed by atoms with Gasteiger partial charge in [0.05, 0.1) is 6.10 Å². The Morgan fingerprint density at radius 2 is 1.79 bits per heavy atom. The van der Waals surface area contributed by atoms with Gasteiger partial charge >= 0.3 is 0 Å². The van der Waals surface area contributed by atoms with Crippen LogP contribution in [-0.4, -0.2) is 5.11 Å². The molecular formula is C16H17BrOS. The fourth-order valence-corrected chi connectivity index (χ4v) is 3.53. The summed E-state index contributed by atoms with van der Waals surface area (Å²) in [7, 11) is 0. The van der Waals surface area contributed by atoms with Crippen molar-refractivity contribution in [2.24, 2.45) is 0 Å². The first-order valence-corrected chi connectivity index (χ1v) is 7.81.